The maximum atomic E-state index is 13.2. The normalized spacial score (nSPS) is 10.9. The summed E-state index contributed by atoms with van der Waals surface area (Å²) in [6.45, 7) is 2.25. The number of anilines is 1. The Morgan fingerprint density at radius 1 is 0.946 bits per heavy atom. The molecule has 0 fully saturated rings. The topological polar surface area (TPSA) is 131 Å². The molecule has 0 bridgehead atoms. The first-order valence-corrected chi connectivity index (χ1v) is 12.3. The van der Waals surface area contributed by atoms with Gasteiger partial charge in [-0.05, 0) is 43.9 Å². The Kier molecular flexibility index (Phi) is 8.29. The van der Waals surface area contributed by atoms with Gasteiger partial charge in [0.2, 0.25) is 11.8 Å². The Bertz CT molecular complexity index is 1500. The highest BCUT2D eigenvalue weighted by atomic mass is 16.2. The van der Waals surface area contributed by atoms with Crippen LogP contribution in [-0.2, 0) is 29.1 Å². The van der Waals surface area contributed by atoms with E-state index in [4.69, 9.17) is 0 Å². The Labute approximate surface area is 213 Å². The summed E-state index contributed by atoms with van der Waals surface area (Å²) in [6, 6.07) is 18.3. The lowest BCUT2D eigenvalue weighted by atomic mass is 10.1. The molecule has 0 unspecified atom stereocenters. The number of aryl methyl sites for hydroxylation is 1. The van der Waals surface area contributed by atoms with Gasteiger partial charge < -0.3 is 10.6 Å². The van der Waals surface area contributed by atoms with Crippen LogP contribution in [0, 0.1) is 6.92 Å². The standard InChI is InChI=1S/C27H30N6O4/c1-19-17-23(31-30-19)29-25(35)18-33-22-12-6-5-11-21(22)26(36)32(27(33)37)16-8-7-13-24(34)28-15-14-20-9-3-2-4-10-20/h2-6,9-12,17H,7-8,13-16,18H2,1H3,(H,28,34)(H2,29,30,31,35). The van der Waals surface area contributed by atoms with E-state index in [9.17, 15) is 19.2 Å². The average Bonchev–Trinajstić information content (AvgIpc) is 3.30. The summed E-state index contributed by atoms with van der Waals surface area (Å²) in [5.41, 5.74) is 1.36. The lowest BCUT2D eigenvalue weighted by molar-refractivity contribution is -0.121. The Morgan fingerprint density at radius 2 is 1.70 bits per heavy atom. The summed E-state index contributed by atoms with van der Waals surface area (Å²) in [5, 5.41) is 12.6. The third-order valence-corrected chi connectivity index (χ3v) is 6.02. The maximum absolute atomic E-state index is 13.2. The van der Waals surface area contributed by atoms with E-state index < -0.39 is 17.2 Å². The van der Waals surface area contributed by atoms with Crippen molar-refractivity contribution < 1.29 is 9.59 Å². The molecular formula is C27H30N6O4. The molecule has 4 rings (SSSR count). The van der Waals surface area contributed by atoms with Crippen molar-refractivity contribution >= 4 is 28.5 Å². The largest absolute Gasteiger partial charge is 0.356 e. The van der Waals surface area contributed by atoms with Gasteiger partial charge in [0.1, 0.15) is 6.54 Å². The number of carbonyl (C=O) groups is 2. The first-order chi connectivity index (χ1) is 17.9. The number of para-hydroxylation sites is 1. The number of unbranched alkanes of at least 4 members (excludes halogenated alkanes) is 1. The van der Waals surface area contributed by atoms with Gasteiger partial charge in [0.25, 0.3) is 5.56 Å². The SMILES string of the molecule is Cc1cc(NC(=O)Cn2c(=O)n(CCCCC(=O)NCCc3ccccc3)c(=O)c3ccccc32)n[nH]1. The van der Waals surface area contributed by atoms with Gasteiger partial charge in [0.15, 0.2) is 5.82 Å². The van der Waals surface area contributed by atoms with E-state index in [1.165, 1.54) is 4.57 Å². The van der Waals surface area contributed by atoms with E-state index in [2.05, 4.69) is 20.8 Å². The van der Waals surface area contributed by atoms with Crippen LogP contribution in [-0.4, -0.2) is 37.7 Å². The second-order valence-corrected chi connectivity index (χ2v) is 8.87. The molecule has 10 heteroatoms. The molecule has 0 radical (unpaired) electrons. The third kappa shape index (κ3) is 6.60. The number of fused-ring (bicyclic) bond motifs is 1. The molecule has 37 heavy (non-hydrogen) atoms. The zero-order valence-corrected chi connectivity index (χ0v) is 20.7. The number of rotatable bonds is 11. The van der Waals surface area contributed by atoms with Crippen LogP contribution in [0.2, 0.25) is 0 Å². The first kappa shape index (κ1) is 25.6. The highest BCUT2D eigenvalue weighted by Gasteiger charge is 2.16. The molecule has 10 nitrogen and oxygen atoms in total. The number of nitrogens with one attached hydrogen (secondary N) is 3. The molecule has 0 aliphatic carbocycles. The first-order valence-electron chi connectivity index (χ1n) is 12.3. The average molecular weight is 503 g/mol. The summed E-state index contributed by atoms with van der Waals surface area (Å²) in [5.74, 6) is -0.143. The van der Waals surface area contributed by atoms with E-state index in [1.807, 2.05) is 37.3 Å². The molecule has 0 aliphatic heterocycles. The molecule has 0 atom stereocenters. The maximum Gasteiger partial charge on any atom is 0.331 e. The Hall–Kier alpha value is -4.47. The molecule has 2 heterocycles. The van der Waals surface area contributed by atoms with Gasteiger partial charge in [-0.2, -0.15) is 5.10 Å². The fourth-order valence-electron chi connectivity index (χ4n) is 4.16. The number of nitrogens with zero attached hydrogens (tertiary/aromatic N) is 3. The van der Waals surface area contributed by atoms with Crippen LogP contribution in [0.1, 0.15) is 30.5 Å². The Morgan fingerprint density at radius 3 is 2.46 bits per heavy atom. The number of amides is 2. The predicted octanol–water partition coefficient (Wildman–Crippen LogP) is 2.36. The molecule has 0 saturated heterocycles. The molecular weight excluding hydrogens is 472 g/mol. The fourth-order valence-corrected chi connectivity index (χ4v) is 4.16. The summed E-state index contributed by atoms with van der Waals surface area (Å²) in [6.07, 6.45) is 2.05. The van der Waals surface area contributed by atoms with Crippen molar-refractivity contribution in [3.8, 4) is 0 Å². The number of H-pyrrole nitrogens is 1. The van der Waals surface area contributed by atoms with Crippen LogP contribution in [0.5, 0.6) is 0 Å². The molecule has 2 aromatic carbocycles. The quantitative estimate of drug-likeness (QED) is 0.271. The van der Waals surface area contributed by atoms with Gasteiger partial charge in [-0.15, -0.1) is 0 Å². The van der Waals surface area contributed by atoms with Crippen LogP contribution < -0.4 is 21.9 Å². The highest BCUT2D eigenvalue weighted by Crippen LogP contribution is 2.09. The lowest BCUT2D eigenvalue weighted by Crippen LogP contribution is -2.41. The molecule has 4 aromatic rings. The van der Waals surface area contributed by atoms with Gasteiger partial charge in [-0.3, -0.25) is 28.6 Å². The van der Waals surface area contributed by atoms with Crippen LogP contribution in [0.25, 0.3) is 10.9 Å². The molecule has 2 amide bonds. The number of hydrogen-bond acceptors (Lipinski definition) is 5. The monoisotopic (exact) mass is 502 g/mol. The molecule has 3 N–H and O–H groups in total. The number of aromatic amines is 1. The van der Waals surface area contributed by atoms with Crippen molar-refractivity contribution in [1.82, 2.24) is 24.6 Å². The smallest absolute Gasteiger partial charge is 0.331 e. The van der Waals surface area contributed by atoms with Gasteiger partial charge >= 0.3 is 5.69 Å². The van der Waals surface area contributed by atoms with Crippen LogP contribution >= 0.6 is 0 Å². The zero-order chi connectivity index (χ0) is 26.2. The van der Waals surface area contributed by atoms with E-state index in [1.54, 1.807) is 30.3 Å². The van der Waals surface area contributed by atoms with Crippen LogP contribution in [0.3, 0.4) is 0 Å². The van der Waals surface area contributed by atoms with E-state index in [0.717, 1.165) is 22.2 Å². The summed E-state index contributed by atoms with van der Waals surface area (Å²) < 4.78 is 2.43. The van der Waals surface area contributed by atoms with Crippen LogP contribution in [0.15, 0.2) is 70.3 Å². The van der Waals surface area contributed by atoms with Crippen molar-refractivity contribution in [3.63, 3.8) is 0 Å². The second kappa shape index (κ2) is 12.0. The van der Waals surface area contributed by atoms with Gasteiger partial charge in [-0.1, -0.05) is 42.5 Å². The number of aromatic nitrogens is 4. The van der Waals surface area contributed by atoms with Crippen LogP contribution in [0.4, 0.5) is 5.82 Å². The molecule has 0 saturated carbocycles. The van der Waals surface area contributed by atoms with Crippen molar-refractivity contribution in [3.05, 3.63) is 92.8 Å². The highest BCUT2D eigenvalue weighted by molar-refractivity contribution is 5.90. The van der Waals surface area contributed by atoms with Crippen molar-refractivity contribution in [1.29, 1.82) is 0 Å². The predicted molar refractivity (Wildman–Crippen MR) is 141 cm³/mol. The lowest BCUT2D eigenvalue weighted by Gasteiger charge is -2.14. The van der Waals surface area contributed by atoms with Gasteiger partial charge in [-0.25, -0.2) is 4.79 Å². The van der Waals surface area contributed by atoms with E-state index in [-0.39, 0.29) is 19.0 Å². The minimum atomic E-state index is -0.565. The second-order valence-electron chi connectivity index (χ2n) is 8.87. The van der Waals surface area contributed by atoms with Crippen molar-refractivity contribution in [2.24, 2.45) is 0 Å². The van der Waals surface area contributed by atoms with Gasteiger partial charge in [0, 0.05) is 31.3 Å². The van der Waals surface area contributed by atoms with E-state index >= 15 is 0 Å². The third-order valence-electron chi connectivity index (χ3n) is 6.02. The summed E-state index contributed by atoms with van der Waals surface area (Å²) in [7, 11) is 0. The molecule has 0 spiro atoms. The summed E-state index contributed by atoms with van der Waals surface area (Å²) >= 11 is 0. The van der Waals surface area contributed by atoms with Gasteiger partial charge in [0.05, 0.1) is 10.9 Å². The number of benzene rings is 2. The number of hydrogen-bond donors (Lipinski definition) is 3. The van der Waals surface area contributed by atoms with Crippen molar-refractivity contribution in [2.75, 3.05) is 11.9 Å². The molecule has 2 aromatic heterocycles. The zero-order valence-electron chi connectivity index (χ0n) is 20.7. The fraction of sp³-hybridized carbons (Fsp3) is 0.296. The Balaban J connectivity index is 1.38. The minimum absolute atomic E-state index is 0.0653. The van der Waals surface area contributed by atoms with Crippen molar-refractivity contribution in [2.45, 2.75) is 45.7 Å². The minimum Gasteiger partial charge on any atom is -0.356 e. The molecule has 192 valence electrons. The number of carbonyl (C=O) groups excluding carboxylic acids is 2. The van der Waals surface area contributed by atoms with E-state index in [0.29, 0.717) is 42.5 Å². The summed E-state index contributed by atoms with van der Waals surface area (Å²) in [4.78, 5) is 51.1. The molecule has 0 aliphatic rings.